The van der Waals surface area contributed by atoms with Gasteiger partial charge in [-0.15, -0.1) is 0 Å². The lowest BCUT2D eigenvalue weighted by molar-refractivity contribution is -0.138. The van der Waals surface area contributed by atoms with Crippen molar-refractivity contribution >= 4 is 28.7 Å². The Morgan fingerprint density at radius 3 is 2.53 bits per heavy atom. The smallest absolute Gasteiger partial charge is 0.343 e. The van der Waals surface area contributed by atoms with Crippen LogP contribution in [0.1, 0.15) is 31.1 Å². The molecule has 0 radical (unpaired) electrons. The van der Waals surface area contributed by atoms with Crippen LogP contribution in [-0.2, 0) is 4.79 Å². The standard InChI is InChI=1S/C13H9N3O2.C12H17N5O/c17-13(18-10-4-2-1-3-5-10)9-6-7-11-12(8-9)15-16-14-11;1-7(2)12-15-11-10(5-9(6-13)14-11)17(12)16(4)8(3)18/h1-8H,(H,14,15,16);5,7,10-11,14H,1-4H3. The lowest BCUT2D eigenvalue weighted by Gasteiger charge is -2.34. The molecule has 0 fully saturated rings. The molecule has 2 aliphatic rings. The minimum absolute atomic E-state index is 0.0530. The number of esters is 1. The number of aliphatic imine (C=N–C) groups is 1. The van der Waals surface area contributed by atoms with E-state index in [0.717, 1.165) is 5.84 Å². The summed E-state index contributed by atoms with van der Waals surface area (Å²) in [4.78, 5) is 28.0. The number of H-pyrrole nitrogens is 1. The van der Waals surface area contributed by atoms with Gasteiger partial charge in [-0.05, 0) is 36.4 Å². The first-order valence-corrected chi connectivity index (χ1v) is 11.4. The van der Waals surface area contributed by atoms with E-state index in [2.05, 4.69) is 31.8 Å². The maximum absolute atomic E-state index is 11.9. The van der Waals surface area contributed by atoms with E-state index in [1.165, 1.54) is 6.92 Å². The molecule has 11 heteroatoms. The Hall–Kier alpha value is -4.72. The Morgan fingerprint density at radius 1 is 1.14 bits per heavy atom. The zero-order valence-corrected chi connectivity index (χ0v) is 20.3. The highest BCUT2D eigenvalue weighted by Gasteiger charge is 2.42. The molecule has 2 aromatic carbocycles. The van der Waals surface area contributed by atoms with Crippen molar-refractivity contribution in [2.75, 3.05) is 7.05 Å². The molecule has 0 saturated heterocycles. The summed E-state index contributed by atoms with van der Waals surface area (Å²) in [7, 11) is 1.72. The van der Waals surface area contributed by atoms with E-state index < -0.39 is 5.97 Å². The number of nitrogens with one attached hydrogen (secondary N) is 2. The van der Waals surface area contributed by atoms with Gasteiger partial charge in [0.2, 0.25) is 5.91 Å². The Labute approximate surface area is 208 Å². The molecule has 1 amide bonds. The number of aromatic amines is 1. The van der Waals surface area contributed by atoms with Crippen molar-refractivity contribution < 1.29 is 14.3 Å². The molecule has 11 nitrogen and oxygen atoms in total. The van der Waals surface area contributed by atoms with Crippen LogP contribution in [0.15, 0.2) is 65.3 Å². The Bertz CT molecular complexity index is 1370. The molecule has 2 atom stereocenters. The average molecular weight is 487 g/mol. The first-order chi connectivity index (χ1) is 17.3. The molecule has 0 saturated carbocycles. The van der Waals surface area contributed by atoms with Gasteiger partial charge in [0.05, 0.1) is 5.56 Å². The molecule has 0 bridgehead atoms. The van der Waals surface area contributed by atoms with Crippen LogP contribution in [0.5, 0.6) is 5.75 Å². The summed E-state index contributed by atoms with van der Waals surface area (Å²) in [6.45, 7) is 5.59. The number of hydrazine groups is 1. The predicted molar refractivity (Wildman–Crippen MR) is 132 cm³/mol. The van der Waals surface area contributed by atoms with E-state index in [0.29, 0.717) is 28.0 Å². The second-order valence-corrected chi connectivity index (χ2v) is 8.53. The van der Waals surface area contributed by atoms with Crippen molar-refractivity contribution in [3.05, 3.63) is 65.9 Å². The van der Waals surface area contributed by atoms with Gasteiger partial charge < -0.3 is 10.1 Å². The minimum atomic E-state index is -0.411. The third-order valence-corrected chi connectivity index (χ3v) is 5.67. The fourth-order valence-corrected chi connectivity index (χ4v) is 3.83. The van der Waals surface area contributed by atoms with Gasteiger partial charge in [-0.25, -0.2) is 9.79 Å². The Kier molecular flexibility index (Phi) is 6.96. The molecule has 2 aliphatic heterocycles. The zero-order valence-electron chi connectivity index (χ0n) is 20.3. The van der Waals surface area contributed by atoms with Crippen LogP contribution in [0.2, 0.25) is 0 Å². The monoisotopic (exact) mass is 486 g/mol. The molecule has 5 rings (SSSR count). The number of ether oxygens (including phenoxy) is 1. The SMILES string of the molecule is CC(=O)N(C)N1C(C(C)C)=NC2NC(C#N)=CC21.O=C(Oc1ccccc1)c1ccc2n[nH]nc2c1. The average Bonchev–Trinajstić information content (AvgIpc) is 3.58. The number of rotatable bonds is 4. The summed E-state index contributed by atoms with van der Waals surface area (Å²) in [5, 5.41) is 25.7. The molecule has 0 spiro atoms. The fraction of sp³-hybridized carbons (Fsp3) is 0.280. The van der Waals surface area contributed by atoms with E-state index in [9.17, 15) is 9.59 Å². The van der Waals surface area contributed by atoms with Crippen LogP contribution in [0, 0.1) is 17.2 Å². The van der Waals surface area contributed by atoms with Gasteiger partial charge in [0, 0.05) is 19.9 Å². The normalized spacial score (nSPS) is 17.8. The van der Waals surface area contributed by atoms with Gasteiger partial charge in [0.1, 0.15) is 46.6 Å². The highest BCUT2D eigenvalue weighted by molar-refractivity contribution is 5.94. The Morgan fingerprint density at radius 2 is 1.86 bits per heavy atom. The second kappa shape index (κ2) is 10.3. The zero-order chi connectivity index (χ0) is 25.8. The molecule has 2 unspecified atom stereocenters. The largest absolute Gasteiger partial charge is 0.423 e. The summed E-state index contributed by atoms with van der Waals surface area (Å²) < 4.78 is 5.23. The highest BCUT2D eigenvalue weighted by Crippen LogP contribution is 2.27. The number of amides is 1. The number of amidine groups is 1. The minimum Gasteiger partial charge on any atom is -0.423 e. The quantitative estimate of drug-likeness (QED) is 0.424. The summed E-state index contributed by atoms with van der Waals surface area (Å²) in [6, 6.07) is 15.9. The highest BCUT2D eigenvalue weighted by atomic mass is 16.5. The number of fused-ring (bicyclic) bond motifs is 2. The number of carbonyl (C=O) groups is 2. The summed E-state index contributed by atoms with van der Waals surface area (Å²) in [5.74, 6) is 1.14. The van der Waals surface area contributed by atoms with Crippen LogP contribution >= 0.6 is 0 Å². The molecular formula is C25H26N8O3. The van der Waals surface area contributed by atoms with Gasteiger partial charge in [-0.2, -0.15) is 20.7 Å². The molecule has 36 heavy (non-hydrogen) atoms. The van der Waals surface area contributed by atoms with Gasteiger partial charge in [0.25, 0.3) is 0 Å². The molecule has 0 aliphatic carbocycles. The van der Waals surface area contributed by atoms with E-state index in [1.807, 2.05) is 43.1 Å². The van der Waals surface area contributed by atoms with Crippen LogP contribution in [0.3, 0.4) is 0 Å². The van der Waals surface area contributed by atoms with Crippen molar-refractivity contribution in [3.63, 3.8) is 0 Å². The van der Waals surface area contributed by atoms with Crippen molar-refractivity contribution in [1.82, 2.24) is 30.7 Å². The number of aromatic nitrogens is 3. The van der Waals surface area contributed by atoms with E-state index in [-0.39, 0.29) is 24.0 Å². The van der Waals surface area contributed by atoms with Crippen LogP contribution in [0.4, 0.5) is 0 Å². The number of benzene rings is 2. The lowest BCUT2D eigenvalue weighted by Crippen LogP contribution is -2.51. The summed E-state index contributed by atoms with van der Waals surface area (Å²) in [5.41, 5.74) is 2.31. The number of allylic oxidation sites excluding steroid dienone is 1. The van der Waals surface area contributed by atoms with E-state index in [4.69, 9.17) is 10.00 Å². The molecule has 184 valence electrons. The number of hydrogen-bond acceptors (Lipinski definition) is 9. The maximum atomic E-state index is 11.9. The van der Waals surface area contributed by atoms with Gasteiger partial charge in [-0.3, -0.25) is 14.8 Å². The summed E-state index contributed by atoms with van der Waals surface area (Å²) >= 11 is 0. The number of nitrogens with zero attached hydrogens (tertiary/aromatic N) is 6. The third kappa shape index (κ3) is 5.02. The van der Waals surface area contributed by atoms with Gasteiger partial charge >= 0.3 is 5.97 Å². The molecule has 3 aromatic rings. The van der Waals surface area contributed by atoms with Crippen molar-refractivity contribution in [2.24, 2.45) is 10.9 Å². The van der Waals surface area contributed by atoms with Crippen LogP contribution in [0.25, 0.3) is 11.0 Å². The molecule has 1 aromatic heterocycles. The van der Waals surface area contributed by atoms with Crippen molar-refractivity contribution in [3.8, 4) is 11.8 Å². The topological polar surface area (TPSA) is 140 Å². The first-order valence-electron chi connectivity index (χ1n) is 11.4. The van der Waals surface area contributed by atoms with Crippen LogP contribution < -0.4 is 10.1 Å². The number of carbonyl (C=O) groups excluding carboxylic acids is 2. The number of hydrogen-bond donors (Lipinski definition) is 2. The first kappa shape index (κ1) is 24.4. The maximum Gasteiger partial charge on any atom is 0.343 e. The second-order valence-electron chi connectivity index (χ2n) is 8.53. The van der Waals surface area contributed by atoms with Crippen molar-refractivity contribution in [2.45, 2.75) is 33.0 Å². The van der Waals surface area contributed by atoms with E-state index in [1.54, 1.807) is 42.4 Å². The Balaban J connectivity index is 0.000000169. The third-order valence-electron chi connectivity index (χ3n) is 5.67. The number of nitriles is 1. The molecular weight excluding hydrogens is 460 g/mol. The van der Waals surface area contributed by atoms with Crippen LogP contribution in [-0.4, -0.2) is 62.4 Å². The van der Waals surface area contributed by atoms with Crippen molar-refractivity contribution in [1.29, 1.82) is 5.26 Å². The van der Waals surface area contributed by atoms with Gasteiger partial charge in [0.15, 0.2) is 0 Å². The predicted octanol–water partition coefficient (Wildman–Crippen LogP) is 2.63. The fourth-order valence-electron chi connectivity index (χ4n) is 3.83. The van der Waals surface area contributed by atoms with E-state index >= 15 is 0 Å². The number of para-hydroxylation sites is 1. The molecule has 2 N–H and O–H groups in total. The summed E-state index contributed by atoms with van der Waals surface area (Å²) in [6.07, 6.45) is 1.65. The lowest BCUT2D eigenvalue weighted by atomic mass is 10.2. The van der Waals surface area contributed by atoms with Gasteiger partial charge in [-0.1, -0.05) is 32.0 Å². The molecule has 3 heterocycles.